The first-order valence-corrected chi connectivity index (χ1v) is 8.75. The van der Waals surface area contributed by atoms with Gasteiger partial charge < -0.3 is 5.32 Å². The van der Waals surface area contributed by atoms with Gasteiger partial charge in [0.1, 0.15) is 4.34 Å². The molecule has 0 saturated heterocycles. The summed E-state index contributed by atoms with van der Waals surface area (Å²) in [6, 6.07) is 8.59. The second-order valence-corrected chi connectivity index (χ2v) is 7.57. The summed E-state index contributed by atoms with van der Waals surface area (Å²) in [6.07, 6.45) is 0. The van der Waals surface area contributed by atoms with E-state index in [1.807, 2.05) is 0 Å². The van der Waals surface area contributed by atoms with Crippen LogP contribution >= 0.6 is 54.8 Å². The molecule has 1 nitrogen and oxygen atoms in total. The van der Waals surface area contributed by atoms with E-state index in [2.05, 4.69) is 75.3 Å². The number of rotatable bonds is 4. The van der Waals surface area contributed by atoms with Crippen LogP contribution in [0, 0.1) is 6.92 Å². The highest BCUT2D eigenvalue weighted by Crippen LogP contribution is 2.39. The van der Waals surface area contributed by atoms with Crippen LogP contribution in [0.15, 0.2) is 33.2 Å². The van der Waals surface area contributed by atoms with E-state index in [4.69, 9.17) is 11.6 Å². The van der Waals surface area contributed by atoms with E-state index in [9.17, 15) is 0 Å². The maximum Gasteiger partial charge on any atom is 0.107 e. The average molecular weight is 424 g/mol. The smallest absolute Gasteiger partial charge is 0.107 e. The monoisotopic (exact) mass is 421 g/mol. The van der Waals surface area contributed by atoms with Gasteiger partial charge >= 0.3 is 0 Å². The van der Waals surface area contributed by atoms with Gasteiger partial charge in [0, 0.05) is 13.8 Å². The minimum atomic E-state index is 0.160. The van der Waals surface area contributed by atoms with E-state index in [-0.39, 0.29) is 6.04 Å². The van der Waals surface area contributed by atoms with Gasteiger partial charge in [0.25, 0.3) is 0 Å². The molecule has 1 aromatic carbocycles. The van der Waals surface area contributed by atoms with Crippen molar-refractivity contribution in [3.05, 3.63) is 53.6 Å². The lowest BCUT2D eigenvalue weighted by Gasteiger charge is -2.19. The quantitative estimate of drug-likeness (QED) is 0.642. The van der Waals surface area contributed by atoms with E-state index in [1.165, 1.54) is 16.0 Å². The van der Waals surface area contributed by atoms with E-state index in [0.29, 0.717) is 0 Å². The number of halogens is 3. The molecule has 102 valence electrons. The predicted molar refractivity (Wildman–Crippen MR) is 91.4 cm³/mol. The van der Waals surface area contributed by atoms with Crippen LogP contribution in [-0.4, -0.2) is 6.54 Å². The number of aryl methyl sites for hydroxylation is 1. The zero-order valence-corrected chi connectivity index (χ0v) is 15.4. The molecular formula is C14H14Br2ClNS. The van der Waals surface area contributed by atoms with Crippen molar-refractivity contribution in [2.24, 2.45) is 0 Å². The highest BCUT2D eigenvalue weighted by Gasteiger charge is 2.19. The summed E-state index contributed by atoms with van der Waals surface area (Å²) in [4.78, 5) is 1.21. The standard InChI is InChI=1S/C14H14Br2ClNS/c1-3-18-13(11-7-10(15)14(17)19-11)9-6-4-5-8(2)12(9)16/h4-7,13,18H,3H2,1-2H3. The van der Waals surface area contributed by atoms with Crippen LogP contribution in [0.2, 0.25) is 4.34 Å². The fraction of sp³-hybridized carbons (Fsp3) is 0.286. The topological polar surface area (TPSA) is 12.0 Å². The van der Waals surface area contributed by atoms with Gasteiger partial charge in [-0.2, -0.15) is 0 Å². The van der Waals surface area contributed by atoms with E-state index in [0.717, 1.165) is 19.8 Å². The molecule has 1 heterocycles. The normalized spacial score (nSPS) is 12.7. The highest BCUT2D eigenvalue weighted by atomic mass is 79.9. The van der Waals surface area contributed by atoms with Crippen molar-refractivity contribution in [1.29, 1.82) is 0 Å². The Balaban J connectivity index is 2.48. The fourth-order valence-corrected chi connectivity index (χ4v) is 4.29. The summed E-state index contributed by atoms with van der Waals surface area (Å²) in [5, 5.41) is 3.52. The average Bonchev–Trinajstić information content (AvgIpc) is 2.70. The molecule has 0 fully saturated rings. The molecule has 0 aliphatic carbocycles. The van der Waals surface area contributed by atoms with Gasteiger partial charge in [-0.25, -0.2) is 0 Å². The summed E-state index contributed by atoms with van der Waals surface area (Å²) >= 11 is 14.9. The Morgan fingerprint density at radius 2 is 2.11 bits per heavy atom. The van der Waals surface area contributed by atoms with Crippen LogP contribution < -0.4 is 5.32 Å². The molecule has 0 aliphatic rings. The molecule has 1 aromatic heterocycles. The van der Waals surface area contributed by atoms with Gasteiger partial charge in [0.2, 0.25) is 0 Å². The van der Waals surface area contributed by atoms with Crippen molar-refractivity contribution in [2.75, 3.05) is 6.54 Å². The predicted octanol–water partition coefficient (Wildman–Crippen LogP) is 5.93. The van der Waals surface area contributed by atoms with Crippen molar-refractivity contribution >= 4 is 54.8 Å². The zero-order chi connectivity index (χ0) is 14.0. The number of hydrogen-bond acceptors (Lipinski definition) is 2. The SMILES string of the molecule is CCNC(c1cc(Br)c(Cl)s1)c1cccc(C)c1Br. The molecule has 1 atom stereocenters. The molecular weight excluding hydrogens is 409 g/mol. The Morgan fingerprint density at radius 3 is 2.68 bits per heavy atom. The molecule has 1 N–H and O–H groups in total. The highest BCUT2D eigenvalue weighted by molar-refractivity contribution is 9.11. The maximum absolute atomic E-state index is 6.16. The van der Waals surface area contributed by atoms with E-state index < -0.39 is 0 Å². The molecule has 0 amide bonds. The van der Waals surface area contributed by atoms with Crippen LogP contribution in [0.4, 0.5) is 0 Å². The second kappa shape index (κ2) is 6.72. The zero-order valence-electron chi connectivity index (χ0n) is 10.6. The molecule has 5 heteroatoms. The molecule has 0 saturated carbocycles. The van der Waals surface area contributed by atoms with Crippen molar-refractivity contribution in [1.82, 2.24) is 5.32 Å². The first-order chi connectivity index (χ1) is 9.04. The number of benzene rings is 1. The molecule has 0 bridgehead atoms. The third-order valence-electron chi connectivity index (χ3n) is 2.89. The van der Waals surface area contributed by atoms with Crippen LogP contribution in [0.25, 0.3) is 0 Å². The second-order valence-electron chi connectivity index (χ2n) is 4.24. The van der Waals surface area contributed by atoms with Crippen LogP contribution in [-0.2, 0) is 0 Å². The summed E-state index contributed by atoms with van der Waals surface area (Å²) < 4.78 is 2.91. The van der Waals surface area contributed by atoms with Gasteiger partial charge in [-0.05, 0) is 46.6 Å². The van der Waals surface area contributed by atoms with Gasteiger partial charge in [-0.1, -0.05) is 52.7 Å². The Hall–Kier alpha value is 0.130. The van der Waals surface area contributed by atoms with Crippen LogP contribution in [0.3, 0.4) is 0 Å². The van der Waals surface area contributed by atoms with Gasteiger partial charge in [-0.15, -0.1) is 11.3 Å². The molecule has 2 rings (SSSR count). The van der Waals surface area contributed by atoms with E-state index in [1.54, 1.807) is 11.3 Å². The van der Waals surface area contributed by atoms with Gasteiger partial charge in [0.15, 0.2) is 0 Å². The minimum absolute atomic E-state index is 0.160. The Labute approximate surface area is 139 Å². The Morgan fingerprint density at radius 1 is 1.37 bits per heavy atom. The lowest BCUT2D eigenvalue weighted by atomic mass is 10.0. The van der Waals surface area contributed by atoms with E-state index >= 15 is 0 Å². The van der Waals surface area contributed by atoms with Crippen LogP contribution in [0.1, 0.15) is 29.0 Å². The fourth-order valence-electron chi connectivity index (χ4n) is 1.97. The summed E-state index contributed by atoms with van der Waals surface area (Å²) in [7, 11) is 0. The summed E-state index contributed by atoms with van der Waals surface area (Å²) in [6.45, 7) is 5.12. The molecule has 1 unspecified atom stereocenters. The van der Waals surface area contributed by atoms with Gasteiger partial charge in [0.05, 0.1) is 6.04 Å². The van der Waals surface area contributed by atoms with Crippen molar-refractivity contribution in [3.63, 3.8) is 0 Å². The maximum atomic E-state index is 6.16. The molecule has 2 aromatic rings. The third-order valence-corrected chi connectivity index (χ3v) is 6.51. The number of hydrogen-bond donors (Lipinski definition) is 1. The first kappa shape index (κ1) is 15.5. The first-order valence-electron chi connectivity index (χ1n) is 5.97. The molecule has 0 spiro atoms. The lowest BCUT2D eigenvalue weighted by molar-refractivity contribution is 0.637. The summed E-state index contributed by atoms with van der Waals surface area (Å²) in [5.41, 5.74) is 2.48. The Bertz CT molecular complexity index is 563. The van der Waals surface area contributed by atoms with Crippen LogP contribution in [0.5, 0.6) is 0 Å². The Kier molecular flexibility index (Phi) is 5.49. The van der Waals surface area contributed by atoms with Crippen molar-refractivity contribution in [2.45, 2.75) is 19.9 Å². The molecule has 0 radical (unpaired) electrons. The molecule has 0 aliphatic heterocycles. The van der Waals surface area contributed by atoms with Gasteiger partial charge in [-0.3, -0.25) is 0 Å². The number of nitrogens with one attached hydrogen (secondary N) is 1. The van der Waals surface area contributed by atoms with Crippen molar-refractivity contribution in [3.8, 4) is 0 Å². The van der Waals surface area contributed by atoms with Crippen molar-refractivity contribution < 1.29 is 0 Å². The minimum Gasteiger partial charge on any atom is -0.306 e. The largest absolute Gasteiger partial charge is 0.306 e. The summed E-state index contributed by atoms with van der Waals surface area (Å²) in [5.74, 6) is 0. The number of thiophene rings is 1. The molecule has 19 heavy (non-hydrogen) atoms. The lowest BCUT2D eigenvalue weighted by Crippen LogP contribution is -2.21. The third kappa shape index (κ3) is 3.42.